The standard InChI is InChI=1S/C20H21BrN2O3/c21-16-7-4-10-18(12-16)26-14-19(24)23-11-5-6-15(13-23)20(25)22-17-8-2-1-3-9-17/h1-4,7-10,12,15H,5-6,11,13-14H2,(H,22,25)/t15-/m0/s1. The molecule has 0 radical (unpaired) electrons. The Morgan fingerprint density at radius 1 is 1.15 bits per heavy atom. The fourth-order valence-electron chi connectivity index (χ4n) is 2.98. The Morgan fingerprint density at radius 2 is 1.96 bits per heavy atom. The number of carbonyl (C=O) groups excluding carboxylic acids is 2. The normalized spacial score (nSPS) is 16.8. The molecule has 0 bridgehead atoms. The molecule has 136 valence electrons. The molecule has 6 heteroatoms. The number of amides is 2. The molecule has 0 spiro atoms. The second kappa shape index (κ2) is 8.85. The molecule has 1 heterocycles. The van der Waals surface area contributed by atoms with Crippen LogP contribution in [0.4, 0.5) is 5.69 Å². The van der Waals surface area contributed by atoms with E-state index in [0.29, 0.717) is 18.8 Å². The molecule has 0 aliphatic carbocycles. The van der Waals surface area contributed by atoms with Gasteiger partial charge in [0.25, 0.3) is 5.91 Å². The highest BCUT2D eigenvalue weighted by atomic mass is 79.9. The van der Waals surface area contributed by atoms with Crippen LogP contribution in [0.2, 0.25) is 0 Å². The zero-order chi connectivity index (χ0) is 18.4. The van der Waals surface area contributed by atoms with E-state index >= 15 is 0 Å². The molecule has 26 heavy (non-hydrogen) atoms. The van der Waals surface area contributed by atoms with Crippen molar-refractivity contribution in [3.8, 4) is 5.75 Å². The number of halogens is 1. The molecule has 1 aliphatic rings. The van der Waals surface area contributed by atoms with E-state index in [9.17, 15) is 9.59 Å². The first-order valence-electron chi connectivity index (χ1n) is 8.64. The van der Waals surface area contributed by atoms with E-state index < -0.39 is 0 Å². The van der Waals surface area contributed by atoms with Crippen LogP contribution in [0.25, 0.3) is 0 Å². The first kappa shape index (κ1) is 18.5. The van der Waals surface area contributed by atoms with Crippen molar-refractivity contribution >= 4 is 33.4 Å². The quantitative estimate of drug-likeness (QED) is 0.807. The van der Waals surface area contributed by atoms with Crippen molar-refractivity contribution in [2.75, 3.05) is 25.0 Å². The van der Waals surface area contributed by atoms with Crippen molar-refractivity contribution in [2.45, 2.75) is 12.8 Å². The van der Waals surface area contributed by atoms with Crippen LogP contribution in [0.15, 0.2) is 59.1 Å². The van der Waals surface area contributed by atoms with Gasteiger partial charge in [0, 0.05) is 23.2 Å². The number of rotatable bonds is 5. The van der Waals surface area contributed by atoms with Crippen LogP contribution in [-0.4, -0.2) is 36.4 Å². The maximum atomic E-state index is 12.5. The summed E-state index contributed by atoms with van der Waals surface area (Å²) in [5.74, 6) is 0.311. The molecule has 2 aromatic carbocycles. The van der Waals surface area contributed by atoms with Crippen LogP contribution in [-0.2, 0) is 9.59 Å². The fraction of sp³-hybridized carbons (Fsp3) is 0.300. The van der Waals surface area contributed by atoms with E-state index in [0.717, 1.165) is 23.0 Å². The smallest absolute Gasteiger partial charge is 0.260 e. The van der Waals surface area contributed by atoms with Crippen molar-refractivity contribution in [3.05, 3.63) is 59.1 Å². The predicted octanol–water partition coefficient (Wildman–Crippen LogP) is 3.71. The minimum Gasteiger partial charge on any atom is -0.484 e. The maximum absolute atomic E-state index is 12.5. The predicted molar refractivity (Wildman–Crippen MR) is 104 cm³/mol. The van der Waals surface area contributed by atoms with Crippen molar-refractivity contribution < 1.29 is 14.3 Å². The number of carbonyl (C=O) groups is 2. The molecule has 1 fully saturated rings. The summed E-state index contributed by atoms with van der Waals surface area (Å²) in [5, 5.41) is 2.92. The highest BCUT2D eigenvalue weighted by Gasteiger charge is 2.28. The third kappa shape index (κ3) is 5.08. The zero-order valence-electron chi connectivity index (χ0n) is 14.4. The third-order valence-electron chi connectivity index (χ3n) is 4.34. The minimum atomic E-state index is -0.196. The van der Waals surface area contributed by atoms with E-state index in [2.05, 4.69) is 21.2 Å². The van der Waals surface area contributed by atoms with Gasteiger partial charge in [0.05, 0.1) is 5.92 Å². The van der Waals surface area contributed by atoms with Crippen molar-refractivity contribution in [2.24, 2.45) is 5.92 Å². The topological polar surface area (TPSA) is 58.6 Å². The Hall–Kier alpha value is -2.34. The number of anilines is 1. The molecule has 2 aromatic rings. The Labute approximate surface area is 161 Å². The monoisotopic (exact) mass is 416 g/mol. The highest BCUT2D eigenvalue weighted by Crippen LogP contribution is 2.20. The number of piperidine rings is 1. The van der Waals surface area contributed by atoms with Gasteiger partial charge in [-0.1, -0.05) is 40.2 Å². The van der Waals surface area contributed by atoms with Gasteiger partial charge in [0.1, 0.15) is 5.75 Å². The average molecular weight is 417 g/mol. The molecule has 2 amide bonds. The van der Waals surface area contributed by atoms with Crippen molar-refractivity contribution in [1.29, 1.82) is 0 Å². The van der Waals surface area contributed by atoms with E-state index in [1.165, 1.54) is 0 Å². The SMILES string of the molecule is O=C(Nc1ccccc1)[C@H]1CCCN(C(=O)COc2cccc(Br)c2)C1. The van der Waals surface area contributed by atoms with Gasteiger partial charge in [-0.2, -0.15) is 0 Å². The lowest BCUT2D eigenvalue weighted by atomic mass is 9.97. The number of para-hydroxylation sites is 1. The van der Waals surface area contributed by atoms with Crippen LogP contribution in [0.1, 0.15) is 12.8 Å². The Bertz CT molecular complexity index is 767. The van der Waals surface area contributed by atoms with Gasteiger partial charge >= 0.3 is 0 Å². The molecule has 0 unspecified atom stereocenters. The Kier molecular flexibility index (Phi) is 6.28. The number of ether oxygens (including phenoxy) is 1. The first-order chi connectivity index (χ1) is 12.6. The van der Waals surface area contributed by atoms with Crippen molar-refractivity contribution in [1.82, 2.24) is 4.90 Å². The Morgan fingerprint density at radius 3 is 2.73 bits per heavy atom. The van der Waals surface area contributed by atoms with Gasteiger partial charge in [0.2, 0.25) is 5.91 Å². The van der Waals surface area contributed by atoms with Crippen LogP contribution >= 0.6 is 15.9 Å². The summed E-state index contributed by atoms with van der Waals surface area (Å²) in [7, 11) is 0. The first-order valence-corrected chi connectivity index (χ1v) is 9.43. The largest absolute Gasteiger partial charge is 0.484 e. The zero-order valence-corrected chi connectivity index (χ0v) is 15.9. The number of nitrogens with zero attached hydrogens (tertiary/aromatic N) is 1. The van der Waals surface area contributed by atoms with Gasteiger partial charge in [-0.3, -0.25) is 9.59 Å². The van der Waals surface area contributed by atoms with Gasteiger partial charge in [0.15, 0.2) is 6.61 Å². The van der Waals surface area contributed by atoms with Crippen molar-refractivity contribution in [3.63, 3.8) is 0 Å². The van der Waals surface area contributed by atoms with E-state index in [1.807, 2.05) is 54.6 Å². The van der Waals surface area contributed by atoms with Crippen LogP contribution < -0.4 is 10.1 Å². The van der Waals surface area contributed by atoms with E-state index in [1.54, 1.807) is 4.90 Å². The molecular weight excluding hydrogens is 396 g/mol. The molecule has 1 saturated heterocycles. The molecule has 1 atom stereocenters. The summed E-state index contributed by atoms with van der Waals surface area (Å²) < 4.78 is 6.47. The number of hydrogen-bond acceptors (Lipinski definition) is 3. The highest BCUT2D eigenvalue weighted by molar-refractivity contribution is 9.10. The number of likely N-dealkylation sites (tertiary alicyclic amines) is 1. The number of hydrogen-bond donors (Lipinski definition) is 1. The number of nitrogens with one attached hydrogen (secondary N) is 1. The van der Waals surface area contributed by atoms with Crippen LogP contribution in [0, 0.1) is 5.92 Å². The molecule has 0 saturated carbocycles. The summed E-state index contributed by atoms with van der Waals surface area (Å²) in [6, 6.07) is 16.8. The molecule has 5 nitrogen and oxygen atoms in total. The van der Waals surface area contributed by atoms with Crippen LogP contribution in [0.5, 0.6) is 5.75 Å². The van der Waals surface area contributed by atoms with Gasteiger partial charge in [-0.15, -0.1) is 0 Å². The summed E-state index contributed by atoms with van der Waals surface area (Å²) >= 11 is 3.38. The van der Waals surface area contributed by atoms with Gasteiger partial charge < -0.3 is 15.0 Å². The summed E-state index contributed by atoms with van der Waals surface area (Å²) in [5.41, 5.74) is 0.777. The molecule has 1 N–H and O–H groups in total. The van der Waals surface area contributed by atoms with Gasteiger partial charge in [-0.05, 0) is 43.2 Å². The summed E-state index contributed by atoms with van der Waals surface area (Å²) in [6.45, 7) is 1.07. The lowest BCUT2D eigenvalue weighted by molar-refractivity contribution is -0.136. The molecular formula is C20H21BrN2O3. The second-order valence-electron chi connectivity index (χ2n) is 6.28. The summed E-state index contributed by atoms with van der Waals surface area (Å²) in [6.07, 6.45) is 1.60. The summed E-state index contributed by atoms with van der Waals surface area (Å²) in [4.78, 5) is 26.6. The number of benzene rings is 2. The molecule has 1 aliphatic heterocycles. The van der Waals surface area contributed by atoms with E-state index in [-0.39, 0.29) is 24.3 Å². The Balaban J connectivity index is 1.52. The lowest BCUT2D eigenvalue weighted by Crippen LogP contribution is -2.45. The third-order valence-corrected chi connectivity index (χ3v) is 4.84. The lowest BCUT2D eigenvalue weighted by Gasteiger charge is -2.32. The van der Waals surface area contributed by atoms with Gasteiger partial charge in [-0.25, -0.2) is 0 Å². The molecule has 3 rings (SSSR count). The average Bonchev–Trinajstić information content (AvgIpc) is 2.67. The van der Waals surface area contributed by atoms with E-state index in [4.69, 9.17) is 4.74 Å². The molecule has 0 aromatic heterocycles. The van der Waals surface area contributed by atoms with Crippen LogP contribution in [0.3, 0.4) is 0 Å². The maximum Gasteiger partial charge on any atom is 0.260 e. The second-order valence-corrected chi connectivity index (χ2v) is 7.20. The fourth-order valence-corrected chi connectivity index (χ4v) is 3.35. The minimum absolute atomic E-state index is 0.0243.